The van der Waals surface area contributed by atoms with E-state index in [9.17, 15) is 0 Å². The highest BCUT2D eigenvalue weighted by atomic mass is 31.1. The van der Waals surface area contributed by atoms with Gasteiger partial charge in [0.1, 0.15) is 0 Å². The van der Waals surface area contributed by atoms with Gasteiger partial charge in [-0.3, -0.25) is 9.98 Å². The van der Waals surface area contributed by atoms with Crippen LogP contribution in [0, 0.1) is 13.8 Å². The van der Waals surface area contributed by atoms with Crippen LogP contribution in [0.2, 0.25) is 0 Å². The molecule has 2 aliphatic rings. The highest BCUT2D eigenvalue weighted by Gasteiger charge is 2.40. The molecular formula is C18H19N2P. The Morgan fingerprint density at radius 3 is 2.67 bits per heavy atom. The van der Waals surface area contributed by atoms with Crippen LogP contribution in [0.3, 0.4) is 0 Å². The van der Waals surface area contributed by atoms with E-state index in [1.165, 1.54) is 41.3 Å². The van der Waals surface area contributed by atoms with Crippen molar-refractivity contribution in [3.8, 4) is 0 Å². The fourth-order valence-electron chi connectivity index (χ4n) is 3.09. The average Bonchev–Trinajstić information content (AvgIpc) is 2.47. The Balaban J connectivity index is 1.89. The molecule has 1 fully saturated rings. The first-order valence-corrected chi connectivity index (χ1v) is 8.58. The fourth-order valence-corrected chi connectivity index (χ4v) is 4.88. The normalized spacial score (nSPS) is 20.0. The first-order chi connectivity index (χ1) is 10.2. The minimum Gasteiger partial charge on any atom is -0.273 e. The molecular weight excluding hydrogens is 275 g/mol. The summed E-state index contributed by atoms with van der Waals surface area (Å²) in [5.41, 5.74) is 5.96. The average molecular weight is 294 g/mol. The number of aliphatic imine (C=N–C) groups is 1. The van der Waals surface area contributed by atoms with Crippen LogP contribution in [0.4, 0.5) is 0 Å². The third kappa shape index (κ3) is 2.13. The molecule has 0 radical (unpaired) electrons. The Labute approximate surface area is 127 Å². The molecule has 106 valence electrons. The second-order valence-electron chi connectivity index (χ2n) is 6.14. The van der Waals surface area contributed by atoms with Crippen molar-refractivity contribution in [2.75, 3.05) is 0 Å². The van der Waals surface area contributed by atoms with E-state index < -0.39 is 0 Å². The maximum atomic E-state index is 5.19. The Morgan fingerprint density at radius 1 is 1.14 bits per heavy atom. The summed E-state index contributed by atoms with van der Waals surface area (Å²) in [6, 6.07) is 11.0. The van der Waals surface area contributed by atoms with E-state index in [4.69, 9.17) is 4.99 Å². The standard InChI is InChI=1S/C18H19N2P/c1-12-10-14(11-19-13(12)2)17-15-6-3-4-7-16(15)21-18(20-17)8-5-9-18/h3-4,6-7,10-11,21H,5,8-9H2,1-2H3. The van der Waals surface area contributed by atoms with Crippen molar-refractivity contribution in [2.45, 2.75) is 38.4 Å². The monoisotopic (exact) mass is 294 g/mol. The van der Waals surface area contributed by atoms with Gasteiger partial charge in [0.25, 0.3) is 0 Å². The van der Waals surface area contributed by atoms with E-state index in [1.54, 1.807) is 0 Å². The summed E-state index contributed by atoms with van der Waals surface area (Å²) in [6.07, 6.45) is 5.78. The molecule has 0 bridgehead atoms. The number of fused-ring (bicyclic) bond motifs is 1. The summed E-state index contributed by atoms with van der Waals surface area (Å²) >= 11 is 0. The van der Waals surface area contributed by atoms with Gasteiger partial charge in [-0.05, 0) is 50.0 Å². The first kappa shape index (κ1) is 13.2. The van der Waals surface area contributed by atoms with Gasteiger partial charge in [-0.2, -0.15) is 0 Å². The third-order valence-corrected chi connectivity index (χ3v) is 6.45. The van der Waals surface area contributed by atoms with Gasteiger partial charge < -0.3 is 0 Å². The number of pyridine rings is 1. The van der Waals surface area contributed by atoms with Crippen molar-refractivity contribution in [1.29, 1.82) is 0 Å². The number of rotatable bonds is 1. The van der Waals surface area contributed by atoms with E-state index in [1.807, 2.05) is 6.20 Å². The quantitative estimate of drug-likeness (QED) is 0.736. The van der Waals surface area contributed by atoms with Crippen molar-refractivity contribution in [1.82, 2.24) is 4.98 Å². The molecule has 3 heteroatoms. The van der Waals surface area contributed by atoms with E-state index in [0.29, 0.717) is 0 Å². The van der Waals surface area contributed by atoms with Crippen LogP contribution >= 0.6 is 8.58 Å². The fraction of sp³-hybridized carbons (Fsp3) is 0.333. The zero-order chi connectivity index (χ0) is 14.4. The van der Waals surface area contributed by atoms with Crippen LogP contribution in [0.5, 0.6) is 0 Å². The lowest BCUT2D eigenvalue weighted by Gasteiger charge is -2.42. The Morgan fingerprint density at radius 2 is 1.95 bits per heavy atom. The van der Waals surface area contributed by atoms with Gasteiger partial charge >= 0.3 is 0 Å². The highest BCUT2D eigenvalue weighted by Crippen LogP contribution is 2.51. The predicted molar refractivity (Wildman–Crippen MR) is 90.3 cm³/mol. The summed E-state index contributed by atoms with van der Waals surface area (Å²) in [7, 11) is 0.822. The Hall–Kier alpha value is -1.53. The van der Waals surface area contributed by atoms with Gasteiger partial charge in [-0.1, -0.05) is 32.8 Å². The minimum absolute atomic E-state index is 0.197. The summed E-state index contributed by atoms with van der Waals surface area (Å²) < 4.78 is 0. The molecule has 4 rings (SSSR count). The first-order valence-electron chi connectivity index (χ1n) is 7.58. The second-order valence-corrected chi connectivity index (χ2v) is 7.86. The van der Waals surface area contributed by atoms with Crippen molar-refractivity contribution in [3.63, 3.8) is 0 Å². The van der Waals surface area contributed by atoms with E-state index >= 15 is 0 Å². The molecule has 1 aliphatic carbocycles. The molecule has 0 amide bonds. The van der Waals surface area contributed by atoms with Crippen LogP contribution in [0.1, 0.15) is 41.6 Å². The maximum Gasteiger partial charge on any atom is 0.0819 e. The lowest BCUT2D eigenvalue weighted by atomic mass is 9.91. The molecule has 1 saturated carbocycles. The van der Waals surface area contributed by atoms with E-state index in [2.05, 4.69) is 49.2 Å². The number of hydrogen-bond donors (Lipinski definition) is 0. The summed E-state index contributed by atoms with van der Waals surface area (Å²) in [5.74, 6) is 0. The number of aromatic nitrogens is 1. The van der Waals surface area contributed by atoms with Gasteiger partial charge in [-0.15, -0.1) is 0 Å². The molecule has 2 nitrogen and oxygen atoms in total. The highest BCUT2D eigenvalue weighted by molar-refractivity contribution is 7.49. The number of nitrogens with zero attached hydrogens (tertiary/aromatic N) is 2. The largest absolute Gasteiger partial charge is 0.273 e. The lowest BCUT2D eigenvalue weighted by Crippen LogP contribution is -2.38. The van der Waals surface area contributed by atoms with Gasteiger partial charge in [-0.25, -0.2) is 0 Å². The molecule has 1 spiro atoms. The summed E-state index contributed by atoms with van der Waals surface area (Å²) in [5, 5.41) is 1.67. The van der Waals surface area contributed by atoms with Gasteiger partial charge in [0.05, 0.1) is 11.0 Å². The molecule has 2 heterocycles. The lowest BCUT2D eigenvalue weighted by molar-refractivity contribution is 0.373. The molecule has 1 atom stereocenters. The number of aryl methyl sites for hydroxylation is 2. The zero-order valence-corrected chi connectivity index (χ0v) is 13.5. The van der Waals surface area contributed by atoms with Gasteiger partial charge in [0.15, 0.2) is 0 Å². The third-order valence-electron chi connectivity index (χ3n) is 4.67. The van der Waals surface area contributed by atoms with Crippen molar-refractivity contribution < 1.29 is 0 Å². The minimum atomic E-state index is 0.197. The second kappa shape index (κ2) is 4.74. The molecule has 1 aliphatic heterocycles. The molecule has 0 N–H and O–H groups in total. The summed E-state index contributed by atoms with van der Waals surface area (Å²) in [4.78, 5) is 9.73. The molecule has 1 aromatic carbocycles. The van der Waals surface area contributed by atoms with E-state index in [0.717, 1.165) is 20.0 Å². The SMILES string of the molecule is Cc1cc(C2=NC3(CCC3)Pc3ccccc32)cnc1C. The summed E-state index contributed by atoms with van der Waals surface area (Å²) in [6.45, 7) is 4.19. The van der Waals surface area contributed by atoms with Crippen molar-refractivity contribution in [2.24, 2.45) is 4.99 Å². The maximum absolute atomic E-state index is 5.19. The smallest absolute Gasteiger partial charge is 0.0819 e. The molecule has 1 unspecified atom stereocenters. The Kier molecular flexibility index (Phi) is 2.97. The molecule has 1 aromatic heterocycles. The molecule has 0 saturated heterocycles. The topological polar surface area (TPSA) is 25.2 Å². The zero-order valence-electron chi connectivity index (χ0n) is 12.5. The number of benzene rings is 1. The van der Waals surface area contributed by atoms with Crippen molar-refractivity contribution >= 4 is 19.6 Å². The van der Waals surface area contributed by atoms with Crippen LogP contribution in [0.25, 0.3) is 0 Å². The molecule has 2 aromatic rings. The van der Waals surface area contributed by atoms with Gasteiger partial charge in [0, 0.05) is 23.0 Å². The van der Waals surface area contributed by atoms with Gasteiger partial charge in [0.2, 0.25) is 0 Å². The van der Waals surface area contributed by atoms with Crippen molar-refractivity contribution in [3.05, 3.63) is 58.9 Å². The predicted octanol–water partition coefficient (Wildman–Crippen LogP) is 3.73. The molecule has 21 heavy (non-hydrogen) atoms. The van der Waals surface area contributed by atoms with Crippen LogP contribution < -0.4 is 5.30 Å². The Bertz CT molecular complexity index is 745. The number of hydrogen-bond acceptors (Lipinski definition) is 2. The van der Waals surface area contributed by atoms with Crippen LogP contribution in [0.15, 0.2) is 41.5 Å². The van der Waals surface area contributed by atoms with Crippen LogP contribution in [-0.2, 0) is 0 Å². The van der Waals surface area contributed by atoms with Crippen LogP contribution in [-0.4, -0.2) is 16.0 Å². The van der Waals surface area contributed by atoms with E-state index in [-0.39, 0.29) is 5.28 Å².